The van der Waals surface area contributed by atoms with Gasteiger partial charge in [0.05, 0.1) is 23.2 Å². The third kappa shape index (κ3) is 6.84. The molecule has 2 saturated heterocycles. The number of carbonyl (C=O) groups is 4. The minimum atomic E-state index is -0.867. The molecule has 1 aromatic rings. The number of esters is 1. The minimum Gasteiger partial charge on any atom is -0.433 e. The van der Waals surface area contributed by atoms with E-state index in [9.17, 15) is 19.2 Å². The van der Waals surface area contributed by atoms with Crippen molar-refractivity contribution in [2.24, 2.45) is 11.8 Å². The molecule has 3 aliphatic rings. The van der Waals surface area contributed by atoms with Gasteiger partial charge in [-0.1, -0.05) is 38.3 Å². The Morgan fingerprint density at radius 1 is 1.13 bits per heavy atom. The quantitative estimate of drug-likeness (QED) is 0.327. The summed E-state index contributed by atoms with van der Waals surface area (Å²) < 4.78 is 11.7. The molecule has 6 atom stereocenters. The summed E-state index contributed by atoms with van der Waals surface area (Å²) >= 11 is 6.02. The Balaban J connectivity index is 1.36. The topological polar surface area (TPSA) is 140 Å². The van der Waals surface area contributed by atoms with E-state index in [1.807, 2.05) is 0 Å². The maximum absolute atomic E-state index is 13.3. The molecule has 2 aliphatic heterocycles. The minimum absolute atomic E-state index is 0.0206. The molecule has 10 nitrogen and oxygen atoms in total. The fourth-order valence-corrected chi connectivity index (χ4v) is 6.03. The number of cyclic esters (lactones) is 1. The van der Waals surface area contributed by atoms with E-state index in [0.29, 0.717) is 36.9 Å². The number of amides is 3. The van der Waals surface area contributed by atoms with Crippen molar-refractivity contribution in [3.05, 3.63) is 28.8 Å². The summed E-state index contributed by atoms with van der Waals surface area (Å²) in [5, 5.41) is 5.84. The summed E-state index contributed by atoms with van der Waals surface area (Å²) in [6.45, 7) is 6.32. The number of nitrogens with zero attached hydrogens (tertiary/aromatic N) is 1. The highest BCUT2D eigenvalue weighted by Crippen LogP contribution is 2.34. The van der Waals surface area contributed by atoms with E-state index in [4.69, 9.17) is 26.8 Å². The summed E-state index contributed by atoms with van der Waals surface area (Å²) in [4.78, 5) is 52.9. The van der Waals surface area contributed by atoms with E-state index in [1.165, 1.54) is 23.1 Å². The number of nitrogens with two attached hydrogens (primary N) is 1. The Labute approximate surface area is 234 Å². The molecule has 0 bridgehead atoms. The van der Waals surface area contributed by atoms with E-state index in [2.05, 4.69) is 24.5 Å². The maximum atomic E-state index is 13.3. The molecule has 0 radical (unpaired) electrons. The smallest absolute Gasteiger partial charge is 0.310 e. The van der Waals surface area contributed by atoms with Crippen molar-refractivity contribution < 1.29 is 28.7 Å². The lowest BCUT2D eigenvalue weighted by Gasteiger charge is -2.36. The second-order valence-electron chi connectivity index (χ2n) is 11.2. The van der Waals surface area contributed by atoms with Crippen LogP contribution in [0.15, 0.2) is 18.2 Å². The van der Waals surface area contributed by atoms with Crippen LogP contribution in [0.5, 0.6) is 0 Å². The molecule has 1 aromatic carbocycles. The zero-order chi connectivity index (χ0) is 28.3. The van der Waals surface area contributed by atoms with Crippen LogP contribution < -0.4 is 16.4 Å². The molecule has 214 valence electrons. The zero-order valence-electron chi connectivity index (χ0n) is 22.8. The number of hydrogen-bond donors (Lipinski definition) is 3. The van der Waals surface area contributed by atoms with Crippen molar-refractivity contribution in [2.45, 2.75) is 96.2 Å². The molecule has 1 aliphatic carbocycles. The molecular weight excluding hydrogens is 524 g/mol. The first kappa shape index (κ1) is 29.1. The predicted octanol–water partition coefficient (Wildman–Crippen LogP) is 3.02. The van der Waals surface area contributed by atoms with Gasteiger partial charge in [-0.15, -0.1) is 0 Å². The SMILES string of the molecule is CC(C)[C@H]1CCCC[C@@H]1OC1OC(=O)C[C@@H]1NC(=O)[C@@H]1CCCN1C(=O)[C@H](C)NC(=O)c1ccc(N)c(Cl)c1. The summed E-state index contributed by atoms with van der Waals surface area (Å²) in [5.74, 6) is -0.791. The molecule has 0 aromatic heterocycles. The van der Waals surface area contributed by atoms with Crippen LogP contribution in [0.4, 0.5) is 5.69 Å². The zero-order valence-corrected chi connectivity index (χ0v) is 23.5. The number of anilines is 1. The van der Waals surface area contributed by atoms with Gasteiger partial charge in [0.25, 0.3) is 5.91 Å². The molecule has 4 N–H and O–H groups in total. The van der Waals surface area contributed by atoms with Crippen molar-refractivity contribution >= 4 is 41.0 Å². The summed E-state index contributed by atoms with van der Waals surface area (Å²) in [6.07, 6.45) is 4.46. The first-order chi connectivity index (χ1) is 18.5. The van der Waals surface area contributed by atoms with E-state index in [-0.39, 0.29) is 34.9 Å². The van der Waals surface area contributed by atoms with Gasteiger partial charge >= 0.3 is 5.97 Å². The van der Waals surface area contributed by atoms with Crippen LogP contribution in [0, 0.1) is 11.8 Å². The number of ether oxygens (including phenoxy) is 2. The summed E-state index contributed by atoms with van der Waals surface area (Å²) in [7, 11) is 0. The highest BCUT2D eigenvalue weighted by Gasteiger charge is 2.43. The second-order valence-corrected chi connectivity index (χ2v) is 11.6. The Morgan fingerprint density at radius 2 is 1.87 bits per heavy atom. The molecular formula is C28H39ClN4O6. The standard InChI is InChI=1S/C28H39ClN4O6/c1-15(2)18-7-4-5-9-23(18)38-28-21(14-24(34)39-28)32-26(36)22-8-6-12-33(22)27(37)16(3)31-25(35)17-10-11-20(30)19(29)13-17/h10-11,13,15-16,18,21-23,28H,4-9,12,14,30H2,1-3H3,(H,31,35)(H,32,36)/t16-,18+,21-,22-,23-,28?/m0/s1. The Kier molecular flexibility index (Phi) is 9.38. The van der Waals surface area contributed by atoms with Crippen molar-refractivity contribution in [3.63, 3.8) is 0 Å². The number of nitrogens with one attached hydrogen (secondary N) is 2. The van der Waals surface area contributed by atoms with Crippen LogP contribution in [0.25, 0.3) is 0 Å². The van der Waals surface area contributed by atoms with Crippen molar-refractivity contribution in [1.29, 1.82) is 0 Å². The van der Waals surface area contributed by atoms with Gasteiger partial charge in [0.2, 0.25) is 18.1 Å². The van der Waals surface area contributed by atoms with Crippen LogP contribution in [-0.4, -0.2) is 65.7 Å². The van der Waals surface area contributed by atoms with Crippen LogP contribution in [-0.2, 0) is 23.9 Å². The molecule has 2 heterocycles. The molecule has 1 saturated carbocycles. The average molecular weight is 563 g/mol. The molecule has 11 heteroatoms. The van der Waals surface area contributed by atoms with Crippen molar-refractivity contribution in [3.8, 4) is 0 Å². The summed E-state index contributed by atoms with van der Waals surface area (Å²) in [5.41, 5.74) is 6.33. The number of benzene rings is 1. The fourth-order valence-electron chi connectivity index (χ4n) is 5.85. The number of carbonyl (C=O) groups excluding carboxylic acids is 4. The van der Waals surface area contributed by atoms with E-state index in [0.717, 1.165) is 25.7 Å². The maximum Gasteiger partial charge on any atom is 0.310 e. The van der Waals surface area contributed by atoms with Crippen LogP contribution in [0.1, 0.15) is 76.1 Å². The average Bonchev–Trinajstić information content (AvgIpc) is 3.52. The monoisotopic (exact) mass is 562 g/mol. The fraction of sp³-hybridized carbons (Fsp3) is 0.643. The lowest BCUT2D eigenvalue weighted by molar-refractivity contribution is -0.189. The number of likely N-dealkylation sites (tertiary alicyclic amines) is 1. The molecule has 39 heavy (non-hydrogen) atoms. The van der Waals surface area contributed by atoms with Gasteiger partial charge in [-0.3, -0.25) is 19.2 Å². The van der Waals surface area contributed by atoms with Crippen LogP contribution in [0.2, 0.25) is 5.02 Å². The summed E-state index contributed by atoms with van der Waals surface area (Å²) in [6, 6.07) is 2.29. The number of halogens is 1. The van der Waals surface area contributed by atoms with Crippen LogP contribution in [0.3, 0.4) is 0 Å². The first-order valence-corrected chi connectivity index (χ1v) is 14.2. The highest BCUT2D eigenvalue weighted by molar-refractivity contribution is 6.33. The predicted molar refractivity (Wildman–Crippen MR) is 146 cm³/mol. The van der Waals surface area contributed by atoms with Crippen LogP contribution >= 0.6 is 11.6 Å². The molecule has 3 fully saturated rings. The van der Waals surface area contributed by atoms with Crippen molar-refractivity contribution in [1.82, 2.24) is 15.5 Å². The Bertz CT molecular complexity index is 1100. The van der Waals surface area contributed by atoms with Gasteiger partial charge in [0.15, 0.2) is 0 Å². The number of hydrogen-bond acceptors (Lipinski definition) is 7. The Morgan fingerprint density at radius 3 is 2.59 bits per heavy atom. The lowest BCUT2D eigenvalue weighted by atomic mass is 9.79. The lowest BCUT2D eigenvalue weighted by Crippen LogP contribution is -2.55. The first-order valence-electron chi connectivity index (χ1n) is 13.9. The molecule has 3 amide bonds. The van der Waals surface area contributed by atoms with Gasteiger partial charge in [0.1, 0.15) is 18.1 Å². The molecule has 4 rings (SSSR count). The normalized spacial score (nSPS) is 27.8. The largest absolute Gasteiger partial charge is 0.433 e. The van der Waals surface area contributed by atoms with Gasteiger partial charge in [-0.2, -0.15) is 0 Å². The van der Waals surface area contributed by atoms with Gasteiger partial charge < -0.3 is 30.7 Å². The highest BCUT2D eigenvalue weighted by atomic mass is 35.5. The van der Waals surface area contributed by atoms with E-state index in [1.54, 1.807) is 6.92 Å². The second kappa shape index (κ2) is 12.6. The Hall–Kier alpha value is -2.85. The number of rotatable bonds is 8. The van der Waals surface area contributed by atoms with E-state index >= 15 is 0 Å². The van der Waals surface area contributed by atoms with Gasteiger partial charge in [-0.05, 0) is 62.6 Å². The molecule has 1 unspecified atom stereocenters. The number of nitrogen functional groups attached to an aromatic ring is 1. The van der Waals surface area contributed by atoms with E-state index < -0.39 is 36.3 Å². The van der Waals surface area contributed by atoms with Crippen molar-refractivity contribution in [2.75, 3.05) is 12.3 Å². The van der Waals surface area contributed by atoms with Gasteiger partial charge in [0, 0.05) is 12.1 Å². The third-order valence-corrected chi connectivity index (χ3v) is 8.36. The molecule has 0 spiro atoms. The van der Waals surface area contributed by atoms with Gasteiger partial charge in [-0.25, -0.2) is 0 Å². The third-order valence-electron chi connectivity index (χ3n) is 8.03.